The van der Waals surface area contributed by atoms with Crippen LogP contribution in [0.15, 0.2) is 35.8 Å². The number of rotatable bonds is 4. The van der Waals surface area contributed by atoms with Gasteiger partial charge >= 0.3 is 0 Å². The van der Waals surface area contributed by atoms with Crippen molar-refractivity contribution in [2.24, 2.45) is 0 Å². The summed E-state index contributed by atoms with van der Waals surface area (Å²) in [5.41, 5.74) is 1.99. The number of hydrogen-bond acceptors (Lipinski definition) is 4. The summed E-state index contributed by atoms with van der Waals surface area (Å²) in [5.74, 6) is 0.660. The predicted octanol–water partition coefficient (Wildman–Crippen LogP) is 3.39. The Bertz CT molecular complexity index is 608. The lowest BCUT2D eigenvalue weighted by molar-refractivity contribution is -0.121. The molecule has 1 saturated heterocycles. The van der Waals surface area contributed by atoms with E-state index in [1.165, 1.54) is 11.8 Å². The van der Waals surface area contributed by atoms with Crippen molar-refractivity contribution in [2.45, 2.75) is 6.92 Å². The van der Waals surface area contributed by atoms with Gasteiger partial charge < -0.3 is 4.74 Å². The van der Waals surface area contributed by atoms with Gasteiger partial charge in [0.05, 0.1) is 12.0 Å². The summed E-state index contributed by atoms with van der Waals surface area (Å²) in [6.07, 6.45) is 3.50. The molecule has 1 fully saturated rings. The Hall–Kier alpha value is -1.59. The highest BCUT2D eigenvalue weighted by Gasteiger charge is 2.31. The van der Waals surface area contributed by atoms with Crippen molar-refractivity contribution >= 4 is 40.3 Å². The molecular weight excluding hydrogens is 290 g/mol. The van der Waals surface area contributed by atoms with Crippen LogP contribution in [0.1, 0.15) is 11.1 Å². The van der Waals surface area contributed by atoms with Crippen molar-refractivity contribution in [3.63, 3.8) is 0 Å². The monoisotopic (exact) mass is 305 g/mol. The van der Waals surface area contributed by atoms with Crippen molar-refractivity contribution in [1.82, 2.24) is 4.90 Å². The fourth-order valence-electron chi connectivity index (χ4n) is 1.89. The maximum absolute atomic E-state index is 12.3. The number of ether oxygens (including phenoxy) is 1. The largest absolute Gasteiger partial charge is 0.496 e. The summed E-state index contributed by atoms with van der Waals surface area (Å²) in [6.45, 7) is 6.08. The minimum Gasteiger partial charge on any atom is -0.496 e. The number of benzene rings is 1. The second kappa shape index (κ2) is 6.24. The zero-order chi connectivity index (χ0) is 14.7. The van der Waals surface area contributed by atoms with Gasteiger partial charge in [0.1, 0.15) is 10.1 Å². The Balaban J connectivity index is 2.37. The van der Waals surface area contributed by atoms with Gasteiger partial charge in [-0.25, -0.2) is 0 Å². The molecule has 1 heterocycles. The third-order valence-electron chi connectivity index (χ3n) is 2.86. The zero-order valence-electron chi connectivity index (χ0n) is 11.4. The van der Waals surface area contributed by atoms with Gasteiger partial charge in [-0.2, -0.15) is 0 Å². The second-order valence-electron chi connectivity index (χ2n) is 4.33. The molecule has 1 aliphatic heterocycles. The molecule has 0 unspecified atom stereocenters. The second-order valence-corrected chi connectivity index (χ2v) is 6.00. The zero-order valence-corrected chi connectivity index (χ0v) is 13.0. The number of nitrogens with zero attached hydrogens (tertiary/aromatic N) is 1. The molecule has 1 aliphatic rings. The first-order chi connectivity index (χ1) is 9.56. The molecule has 1 amide bonds. The highest BCUT2D eigenvalue weighted by molar-refractivity contribution is 8.26. The Kier molecular flexibility index (Phi) is 4.62. The van der Waals surface area contributed by atoms with Crippen LogP contribution in [0.5, 0.6) is 5.75 Å². The van der Waals surface area contributed by atoms with E-state index in [0.717, 1.165) is 16.9 Å². The van der Waals surface area contributed by atoms with E-state index in [1.54, 1.807) is 18.1 Å². The summed E-state index contributed by atoms with van der Waals surface area (Å²) in [4.78, 5) is 14.4. The van der Waals surface area contributed by atoms with Crippen LogP contribution in [0.25, 0.3) is 6.08 Å². The molecule has 0 N–H and O–H groups in total. The van der Waals surface area contributed by atoms with Crippen LogP contribution < -0.4 is 4.74 Å². The van der Waals surface area contributed by atoms with E-state index in [-0.39, 0.29) is 5.91 Å². The van der Waals surface area contributed by atoms with Crippen molar-refractivity contribution in [3.8, 4) is 5.75 Å². The molecule has 5 heteroatoms. The quantitative estimate of drug-likeness (QED) is 0.484. The van der Waals surface area contributed by atoms with Gasteiger partial charge in [-0.05, 0) is 25.1 Å². The number of carbonyl (C=O) groups is 1. The van der Waals surface area contributed by atoms with Crippen LogP contribution in [0.2, 0.25) is 0 Å². The maximum atomic E-state index is 12.3. The molecule has 0 saturated carbocycles. The van der Waals surface area contributed by atoms with Crippen LogP contribution in [0.3, 0.4) is 0 Å². The van der Waals surface area contributed by atoms with Gasteiger partial charge in [-0.1, -0.05) is 41.7 Å². The third kappa shape index (κ3) is 2.94. The summed E-state index contributed by atoms with van der Waals surface area (Å²) in [6, 6.07) is 5.85. The average Bonchev–Trinajstić information content (AvgIpc) is 2.67. The minimum atomic E-state index is -0.0801. The van der Waals surface area contributed by atoms with Gasteiger partial charge in [-0.15, -0.1) is 6.58 Å². The first kappa shape index (κ1) is 14.8. The molecule has 0 radical (unpaired) electrons. The van der Waals surface area contributed by atoms with Crippen molar-refractivity contribution in [3.05, 3.63) is 46.9 Å². The Morgan fingerprint density at radius 3 is 2.90 bits per heavy atom. The van der Waals surface area contributed by atoms with Crippen LogP contribution >= 0.6 is 24.0 Å². The summed E-state index contributed by atoms with van der Waals surface area (Å²) < 4.78 is 5.88. The van der Waals surface area contributed by atoms with Crippen LogP contribution in [0, 0.1) is 6.92 Å². The molecule has 3 nitrogen and oxygen atoms in total. The highest BCUT2D eigenvalue weighted by Crippen LogP contribution is 2.34. The third-order valence-corrected chi connectivity index (χ3v) is 4.23. The first-order valence-corrected chi connectivity index (χ1v) is 7.30. The van der Waals surface area contributed by atoms with Gasteiger partial charge in [0.25, 0.3) is 5.91 Å². The Labute approximate surface area is 128 Å². The van der Waals surface area contributed by atoms with E-state index in [9.17, 15) is 4.79 Å². The molecular formula is C15H15NO2S2. The molecule has 0 aromatic heterocycles. The molecule has 0 atom stereocenters. The van der Waals surface area contributed by atoms with Crippen LogP contribution in [-0.2, 0) is 4.79 Å². The van der Waals surface area contributed by atoms with E-state index in [4.69, 9.17) is 17.0 Å². The number of hydrogen-bond donors (Lipinski definition) is 0. The number of amides is 1. The Morgan fingerprint density at radius 1 is 1.50 bits per heavy atom. The number of thiocarbonyl (C=S) groups is 1. The number of methoxy groups -OCH3 is 1. The van der Waals surface area contributed by atoms with Crippen molar-refractivity contribution in [2.75, 3.05) is 13.7 Å². The standard InChI is InChI=1S/C15H15NO2S2/c1-4-7-16-14(17)13(20-15(16)19)9-11-8-10(2)5-6-12(11)18-3/h4-6,8-9H,1,7H2,2-3H3. The van der Waals surface area contributed by atoms with Crippen LogP contribution in [0.4, 0.5) is 0 Å². The minimum absolute atomic E-state index is 0.0801. The number of thioether (sulfide) groups is 1. The lowest BCUT2D eigenvalue weighted by Crippen LogP contribution is -2.27. The number of carbonyl (C=O) groups excluding carboxylic acids is 1. The smallest absolute Gasteiger partial charge is 0.266 e. The van der Waals surface area contributed by atoms with Crippen LogP contribution in [-0.4, -0.2) is 28.8 Å². The molecule has 104 valence electrons. The van der Waals surface area contributed by atoms with Gasteiger partial charge in [-0.3, -0.25) is 9.69 Å². The highest BCUT2D eigenvalue weighted by atomic mass is 32.2. The van der Waals surface area contributed by atoms with E-state index < -0.39 is 0 Å². The van der Waals surface area contributed by atoms with Gasteiger partial charge in [0, 0.05) is 12.1 Å². The van der Waals surface area contributed by atoms with Crippen molar-refractivity contribution < 1.29 is 9.53 Å². The number of aryl methyl sites for hydroxylation is 1. The summed E-state index contributed by atoms with van der Waals surface area (Å²) >= 11 is 6.52. The molecule has 0 spiro atoms. The predicted molar refractivity (Wildman–Crippen MR) is 87.8 cm³/mol. The van der Waals surface area contributed by atoms with Gasteiger partial charge in [0.15, 0.2) is 0 Å². The molecule has 20 heavy (non-hydrogen) atoms. The molecule has 1 aromatic rings. The fourth-order valence-corrected chi connectivity index (χ4v) is 3.16. The SMILES string of the molecule is C=CCN1C(=O)C(=Cc2cc(C)ccc2OC)SC1=S. The topological polar surface area (TPSA) is 29.5 Å². The van der Waals surface area contributed by atoms with E-state index in [2.05, 4.69) is 6.58 Å². The lowest BCUT2D eigenvalue weighted by Gasteiger charge is -2.10. The van der Waals surface area contributed by atoms with Gasteiger partial charge in [0.2, 0.25) is 0 Å². The first-order valence-electron chi connectivity index (χ1n) is 6.07. The Morgan fingerprint density at radius 2 is 2.25 bits per heavy atom. The molecule has 1 aromatic carbocycles. The average molecular weight is 305 g/mol. The lowest BCUT2D eigenvalue weighted by atomic mass is 10.1. The maximum Gasteiger partial charge on any atom is 0.266 e. The molecule has 2 rings (SSSR count). The molecule has 0 bridgehead atoms. The van der Waals surface area contributed by atoms with Crippen molar-refractivity contribution in [1.29, 1.82) is 0 Å². The summed E-state index contributed by atoms with van der Waals surface area (Å²) in [7, 11) is 1.62. The summed E-state index contributed by atoms with van der Waals surface area (Å²) in [5, 5.41) is 0. The van der Waals surface area contributed by atoms with E-state index in [1.807, 2.05) is 31.2 Å². The normalized spacial score (nSPS) is 16.9. The fraction of sp³-hybridized carbons (Fsp3) is 0.200. The van der Waals surface area contributed by atoms with E-state index >= 15 is 0 Å². The van der Waals surface area contributed by atoms with E-state index in [0.29, 0.717) is 15.8 Å². The molecule has 0 aliphatic carbocycles.